The zero-order valence-corrected chi connectivity index (χ0v) is 17.0. The van der Waals surface area contributed by atoms with Crippen LogP contribution in [-0.4, -0.2) is 37.8 Å². The number of hydrogen-bond acceptors (Lipinski definition) is 7. The van der Waals surface area contributed by atoms with Crippen LogP contribution in [0.15, 0.2) is 56.0 Å². The van der Waals surface area contributed by atoms with E-state index in [1.165, 1.54) is 13.4 Å². The molecule has 1 aromatic carbocycles. The normalized spacial score (nSPS) is 21.4. The number of allylic oxidation sites excluding steroid dienone is 2. The lowest BCUT2D eigenvalue weighted by molar-refractivity contribution is -0.147. The zero-order chi connectivity index (χ0) is 21.3. The number of aliphatic imine (C=N–C) groups is 1. The molecule has 2 aromatic rings. The Hall–Kier alpha value is -3.06. The first-order valence-electron chi connectivity index (χ1n) is 10.0. The molecule has 30 heavy (non-hydrogen) atoms. The summed E-state index contributed by atoms with van der Waals surface area (Å²) in [5, 5.41) is 0.409. The molecule has 0 bridgehead atoms. The summed E-state index contributed by atoms with van der Waals surface area (Å²) in [7, 11) is 1.52. The molecule has 0 spiro atoms. The summed E-state index contributed by atoms with van der Waals surface area (Å²) in [5.74, 6) is -2.26. The van der Waals surface area contributed by atoms with Crippen molar-refractivity contribution < 1.29 is 23.5 Å². The number of esters is 1. The third-order valence-electron chi connectivity index (χ3n) is 5.66. The molecule has 1 unspecified atom stereocenters. The molecule has 2 atom stereocenters. The van der Waals surface area contributed by atoms with Crippen molar-refractivity contribution in [3.63, 3.8) is 0 Å². The third-order valence-corrected chi connectivity index (χ3v) is 5.66. The molecule has 0 saturated carbocycles. The van der Waals surface area contributed by atoms with Crippen LogP contribution in [0.3, 0.4) is 0 Å². The Labute approximate surface area is 173 Å². The van der Waals surface area contributed by atoms with Gasteiger partial charge in [0, 0.05) is 42.0 Å². The summed E-state index contributed by atoms with van der Waals surface area (Å²) in [5.41, 5.74) is 2.10. The van der Waals surface area contributed by atoms with E-state index in [2.05, 4.69) is 4.99 Å². The number of ether oxygens (including phenoxy) is 2. The van der Waals surface area contributed by atoms with Crippen molar-refractivity contribution in [2.75, 3.05) is 20.3 Å². The van der Waals surface area contributed by atoms with Crippen molar-refractivity contribution in [2.24, 2.45) is 10.9 Å². The van der Waals surface area contributed by atoms with Crippen molar-refractivity contribution in [2.45, 2.75) is 32.1 Å². The molecule has 1 aliphatic heterocycles. The predicted octanol–water partition coefficient (Wildman–Crippen LogP) is 3.16. The van der Waals surface area contributed by atoms with Crippen LogP contribution in [0, 0.1) is 5.92 Å². The van der Waals surface area contributed by atoms with Crippen LogP contribution < -0.4 is 5.43 Å². The van der Waals surface area contributed by atoms with Gasteiger partial charge in [-0.3, -0.25) is 19.4 Å². The fraction of sp³-hybridized carbons (Fsp3) is 0.391. The van der Waals surface area contributed by atoms with E-state index in [-0.39, 0.29) is 30.0 Å². The lowest BCUT2D eigenvalue weighted by Gasteiger charge is -2.33. The molecule has 1 aromatic heterocycles. The maximum atomic E-state index is 13.3. The summed E-state index contributed by atoms with van der Waals surface area (Å²) < 4.78 is 16.0. The third kappa shape index (κ3) is 3.50. The van der Waals surface area contributed by atoms with Gasteiger partial charge in [-0.1, -0.05) is 12.1 Å². The van der Waals surface area contributed by atoms with Crippen LogP contribution >= 0.6 is 0 Å². The smallest absolute Gasteiger partial charge is 0.315 e. The molecule has 0 saturated heterocycles. The second kappa shape index (κ2) is 8.36. The molecule has 0 amide bonds. The molecule has 0 radical (unpaired) electrons. The molecule has 2 aliphatic rings. The van der Waals surface area contributed by atoms with Gasteiger partial charge in [0.05, 0.1) is 18.3 Å². The molecule has 156 valence electrons. The molecule has 7 nitrogen and oxygen atoms in total. The molecule has 0 N–H and O–H groups in total. The molecule has 0 fully saturated rings. The second-order valence-electron chi connectivity index (χ2n) is 7.52. The largest absolute Gasteiger partial charge is 0.464 e. The fourth-order valence-electron chi connectivity index (χ4n) is 4.27. The lowest BCUT2D eigenvalue weighted by atomic mass is 9.72. The molecule has 2 heterocycles. The molecule has 4 rings (SSSR count). The van der Waals surface area contributed by atoms with Gasteiger partial charge in [-0.25, -0.2) is 0 Å². The summed E-state index contributed by atoms with van der Waals surface area (Å²) in [6.07, 6.45) is 3.08. The van der Waals surface area contributed by atoms with Crippen molar-refractivity contribution in [3.8, 4) is 0 Å². The standard InChI is InChI=1S/C23H23NO6/c1-13-19(23(27)29-11-10-28-2)20(21-16(24-13)7-5-8-17(21)25)15-12-30-18-9-4-3-6-14(18)22(15)26/h3-4,6,9,12,19-20H,5,7-8,10-11H2,1-2H3/t19?,20-/m0/s1. The molecular weight excluding hydrogens is 386 g/mol. The highest BCUT2D eigenvalue weighted by Crippen LogP contribution is 2.43. The van der Waals surface area contributed by atoms with Crippen LogP contribution in [0.4, 0.5) is 0 Å². The summed E-state index contributed by atoms with van der Waals surface area (Å²) >= 11 is 0. The topological polar surface area (TPSA) is 95.2 Å². The van der Waals surface area contributed by atoms with Crippen molar-refractivity contribution in [1.29, 1.82) is 0 Å². The van der Waals surface area contributed by atoms with Gasteiger partial charge in [0.25, 0.3) is 0 Å². The number of methoxy groups -OCH3 is 1. The van der Waals surface area contributed by atoms with E-state index in [1.54, 1.807) is 31.2 Å². The Kier molecular flexibility index (Phi) is 5.63. The minimum Gasteiger partial charge on any atom is -0.464 e. The van der Waals surface area contributed by atoms with Gasteiger partial charge in [0.2, 0.25) is 0 Å². The first-order valence-corrected chi connectivity index (χ1v) is 10.0. The Balaban J connectivity index is 1.87. The molecule has 1 aliphatic carbocycles. The minimum absolute atomic E-state index is 0.0814. The number of hydrogen-bond donors (Lipinski definition) is 0. The van der Waals surface area contributed by atoms with E-state index in [0.29, 0.717) is 47.2 Å². The van der Waals surface area contributed by atoms with E-state index in [4.69, 9.17) is 13.9 Å². The van der Waals surface area contributed by atoms with E-state index in [1.807, 2.05) is 0 Å². The van der Waals surface area contributed by atoms with Crippen LogP contribution in [-0.2, 0) is 19.1 Å². The number of rotatable bonds is 5. The summed E-state index contributed by atoms with van der Waals surface area (Å²) in [4.78, 5) is 43.8. The summed E-state index contributed by atoms with van der Waals surface area (Å²) in [6.45, 7) is 2.07. The van der Waals surface area contributed by atoms with E-state index in [9.17, 15) is 14.4 Å². The highest BCUT2D eigenvalue weighted by Gasteiger charge is 2.44. The van der Waals surface area contributed by atoms with Gasteiger partial charge in [0.15, 0.2) is 11.2 Å². The number of carbonyl (C=O) groups excluding carboxylic acids is 2. The molecule has 7 heteroatoms. The van der Waals surface area contributed by atoms with E-state index < -0.39 is 17.8 Å². The van der Waals surface area contributed by atoms with Gasteiger partial charge < -0.3 is 13.9 Å². The van der Waals surface area contributed by atoms with Gasteiger partial charge in [-0.15, -0.1) is 0 Å². The average Bonchev–Trinajstić information content (AvgIpc) is 2.73. The number of ketones is 1. The van der Waals surface area contributed by atoms with Crippen molar-refractivity contribution >= 4 is 28.4 Å². The number of benzene rings is 1. The molecular formula is C23H23NO6. The Morgan fingerprint density at radius 1 is 1.20 bits per heavy atom. The lowest BCUT2D eigenvalue weighted by Crippen LogP contribution is -2.39. The minimum atomic E-state index is -0.869. The Morgan fingerprint density at radius 3 is 2.80 bits per heavy atom. The SMILES string of the molecule is COCCOC(=O)C1C(C)=NC2=C(C(=O)CCC2)[C@H]1c1coc2ccccc2c1=O. The predicted molar refractivity (Wildman–Crippen MR) is 111 cm³/mol. The monoisotopic (exact) mass is 409 g/mol. The van der Waals surface area contributed by atoms with E-state index in [0.717, 1.165) is 0 Å². The fourth-order valence-corrected chi connectivity index (χ4v) is 4.27. The zero-order valence-electron chi connectivity index (χ0n) is 17.0. The quantitative estimate of drug-likeness (QED) is 0.556. The highest BCUT2D eigenvalue weighted by molar-refractivity contribution is 6.08. The van der Waals surface area contributed by atoms with Crippen molar-refractivity contribution in [3.05, 3.63) is 57.6 Å². The van der Waals surface area contributed by atoms with Crippen LogP contribution in [0.1, 0.15) is 37.7 Å². The number of Topliss-reactive ketones (excluding diaryl/α,β-unsaturated/α-hetero) is 1. The Morgan fingerprint density at radius 2 is 2.00 bits per heavy atom. The van der Waals surface area contributed by atoms with Crippen molar-refractivity contribution in [1.82, 2.24) is 0 Å². The maximum Gasteiger partial charge on any atom is 0.315 e. The number of para-hydroxylation sites is 1. The Bertz CT molecular complexity index is 1130. The number of nitrogens with zero attached hydrogens (tertiary/aromatic N) is 1. The van der Waals surface area contributed by atoms with Gasteiger partial charge >= 0.3 is 5.97 Å². The second-order valence-corrected chi connectivity index (χ2v) is 7.52. The highest BCUT2D eigenvalue weighted by atomic mass is 16.6. The van der Waals surface area contributed by atoms with Gasteiger partial charge in [-0.05, 0) is 31.9 Å². The summed E-state index contributed by atoms with van der Waals surface area (Å²) in [6, 6.07) is 6.92. The van der Waals surface area contributed by atoms with Crippen LogP contribution in [0.25, 0.3) is 11.0 Å². The van der Waals surface area contributed by atoms with Crippen LogP contribution in [0.2, 0.25) is 0 Å². The number of carbonyl (C=O) groups is 2. The maximum absolute atomic E-state index is 13.3. The van der Waals surface area contributed by atoms with Gasteiger partial charge in [-0.2, -0.15) is 0 Å². The first-order chi connectivity index (χ1) is 14.5. The van der Waals surface area contributed by atoms with Gasteiger partial charge in [0.1, 0.15) is 18.1 Å². The van der Waals surface area contributed by atoms with Crippen LogP contribution in [0.5, 0.6) is 0 Å². The first kappa shape index (κ1) is 20.2. The number of fused-ring (bicyclic) bond motifs is 1. The van der Waals surface area contributed by atoms with E-state index >= 15 is 0 Å². The average molecular weight is 409 g/mol.